The van der Waals surface area contributed by atoms with E-state index in [-0.39, 0.29) is 5.91 Å². The molecule has 2 aromatic rings. The lowest BCUT2D eigenvalue weighted by molar-refractivity contribution is -0.111. The van der Waals surface area contributed by atoms with E-state index in [1.807, 2.05) is 24.3 Å². The number of nitrogens with one attached hydrogen (secondary N) is 1. The monoisotopic (exact) mass is 357 g/mol. The summed E-state index contributed by atoms with van der Waals surface area (Å²) in [7, 11) is 6.26. The molecule has 0 radical (unpaired) electrons. The summed E-state index contributed by atoms with van der Waals surface area (Å²) < 4.78 is 21.1. The van der Waals surface area contributed by atoms with Crippen LogP contribution in [0.3, 0.4) is 0 Å². The normalized spacial score (nSPS) is 10.6. The number of carbonyl (C=O) groups excluding carboxylic acids is 1. The third-order valence-corrected chi connectivity index (χ3v) is 3.65. The highest BCUT2D eigenvalue weighted by atomic mass is 16.5. The van der Waals surface area contributed by atoms with Crippen LogP contribution in [0.25, 0.3) is 6.08 Å². The van der Waals surface area contributed by atoms with Crippen molar-refractivity contribution in [1.82, 2.24) is 0 Å². The number of hydrogen-bond acceptors (Lipinski definition) is 5. The van der Waals surface area contributed by atoms with Crippen LogP contribution in [0.15, 0.2) is 42.5 Å². The Balaban J connectivity index is 2.16. The molecule has 2 aromatic carbocycles. The molecule has 0 fully saturated rings. The summed E-state index contributed by atoms with van der Waals surface area (Å²) in [5.74, 6) is 1.28. The quantitative estimate of drug-likeness (QED) is 0.733. The Hall–Kier alpha value is -2.99. The predicted molar refractivity (Wildman–Crippen MR) is 101 cm³/mol. The van der Waals surface area contributed by atoms with Crippen LogP contribution in [0.1, 0.15) is 11.1 Å². The van der Waals surface area contributed by atoms with E-state index in [1.54, 1.807) is 32.4 Å². The van der Waals surface area contributed by atoms with Gasteiger partial charge in [0.15, 0.2) is 11.5 Å². The zero-order valence-electron chi connectivity index (χ0n) is 15.4. The molecule has 1 amide bonds. The van der Waals surface area contributed by atoms with Crippen LogP contribution in [0.5, 0.6) is 17.2 Å². The first kappa shape index (κ1) is 19.3. The average molecular weight is 357 g/mol. The van der Waals surface area contributed by atoms with E-state index in [0.717, 1.165) is 5.56 Å². The summed E-state index contributed by atoms with van der Waals surface area (Å²) >= 11 is 0. The van der Waals surface area contributed by atoms with Crippen LogP contribution in [-0.2, 0) is 16.1 Å². The Bertz CT molecular complexity index is 786. The molecule has 2 rings (SSSR count). The second-order valence-corrected chi connectivity index (χ2v) is 5.38. The molecule has 0 heterocycles. The molecule has 0 aromatic heterocycles. The third kappa shape index (κ3) is 4.77. The molecule has 138 valence electrons. The van der Waals surface area contributed by atoms with E-state index in [9.17, 15) is 4.79 Å². The molecule has 0 saturated carbocycles. The zero-order valence-corrected chi connectivity index (χ0v) is 15.4. The number of methoxy groups -OCH3 is 4. The molecule has 26 heavy (non-hydrogen) atoms. The summed E-state index contributed by atoms with van der Waals surface area (Å²) in [6.45, 7) is 0.488. The van der Waals surface area contributed by atoms with Gasteiger partial charge >= 0.3 is 0 Å². The van der Waals surface area contributed by atoms with E-state index in [1.165, 1.54) is 20.3 Å². The molecule has 6 heteroatoms. The topological polar surface area (TPSA) is 66.0 Å². The number of anilines is 1. The lowest BCUT2D eigenvalue weighted by Crippen LogP contribution is -2.08. The van der Waals surface area contributed by atoms with Crippen LogP contribution >= 0.6 is 0 Å². The second-order valence-electron chi connectivity index (χ2n) is 5.38. The van der Waals surface area contributed by atoms with E-state index in [4.69, 9.17) is 18.9 Å². The lowest BCUT2D eigenvalue weighted by atomic mass is 10.1. The summed E-state index contributed by atoms with van der Waals surface area (Å²) in [5, 5.41) is 2.82. The van der Waals surface area contributed by atoms with Gasteiger partial charge in [-0.25, -0.2) is 0 Å². The standard InChI is InChI=1S/C20H23NO5/c1-23-13-14-6-5-7-16(12-14)21-18(22)11-9-15-8-10-17(24-2)20(26-4)19(15)25-3/h5-12H,13H2,1-4H3,(H,21,22)/b11-9+. The van der Waals surface area contributed by atoms with Gasteiger partial charge in [-0.3, -0.25) is 4.79 Å². The van der Waals surface area contributed by atoms with Gasteiger partial charge in [0.25, 0.3) is 0 Å². The van der Waals surface area contributed by atoms with E-state index < -0.39 is 0 Å². The highest BCUT2D eigenvalue weighted by Gasteiger charge is 2.14. The van der Waals surface area contributed by atoms with Crippen LogP contribution in [0.2, 0.25) is 0 Å². The Morgan fingerprint density at radius 1 is 1.00 bits per heavy atom. The minimum atomic E-state index is -0.253. The maximum absolute atomic E-state index is 12.2. The molecular weight excluding hydrogens is 334 g/mol. The molecule has 1 N–H and O–H groups in total. The number of carbonyl (C=O) groups is 1. The highest BCUT2D eigenvalue weighted by Crippen LogP contribution is 2.40. The van der Waals surface area contributed by atoms with Crippen molar-refractivity contribution < 1.29 is 23.7 Å². The number of ether oxygens (including phenoxy) is 4. The van der Waals surface area contributed by atoms with Crippen molar-refractivity contribution in [3.8, 4) is 17.2 Å². The first-order valence-electron chi connectivity index (χ1n) is 7.98. The Kier molecular flexibility index (Phi) is 7.05. The Morgan fingerprint density at radius 3 is 2.42 bits per heavy atom. The highest BCUT2D eigenvalue weighted by molar-refractivity contribution is 6.02. The van der Waals surface area contributed by atoms with E-state index in [2.05, 4.69) is 5.32 Å². The van der Waals surface area contributed by atoms with Gasteiger partial charge in [-0.05, 0) is 35.9 Å². The molecule has 0 aliphatic carbocycles. The SMILES string of the molecule is COCc1cccc(NC(=O)/C=C/c2ccc(OC)c(OC)c2OC)c1. The maximum atomic E-state index is 12.2. The van der Waals surface area contributed by atoms with Gasteiger partial charge < -0.3 is 24.3 Å². The van der Waals surface area contributed by atoms with Gasteiger partial charge in [-0.1, -0.05) is 12.1 Å². The first-order chi connectivity index (χ1) is 12.6. The van der Waals surface area contributed by atoms with Gasteiger partial charge in [0, 0.05) is 24.4 Å². The zero-order chi connectivity index (χ0) is 18.9. The van der Waals surface area contributed by atoms with E-state index >= 15 is 0 Å². The summed E-state index contributed by atoms with van der Waals surface area (Å²) in [6, 6.07) is 11.0. The first-order valence-corrected chi connectivity index (χ1v) is 7.98. The second kappa shape index (κ2) is 9.48. The summed E-state index contributed by atoms with van der Waals surface area (Å²) in [4.78, 5) is 12.2. The van der Waals surface area contributed by atoms with Gasteiger partial charge in [0.2, 0.25) is 11.7 Å². The summed E-state index contributed by atoms with van der Waals surface area (Å²) in [6.07, 6.45) is 3.10. The number of hydrogen-bond donors (Lipinski definition) is 1. The van der Waals surface area contributed by atoms with Crippen molar-refractivity contribution in [2.24, 2.45) is 0 Å². The van der Waals surface area contributed by atoms with Crippen LogP contribution < -0.4 is 19.5 Å². The number of benzene rings is 2. The van der Waals surface area contributed by atoms with Crippen molar-refractivity contribution in [2.75, 3.05) is 33.8 Å². The van der Waals surface area contributed by atoms with Crippen LogP contribution in [0.4, 0.5) is 5.69 Å². The van der Waals surface area contributed by atoms with E-state index in [0.29, 0.717) is 35.1 Å². The Morgan fingerprint density at radius 2 is 1.77 bits per heavy atom. The lowest BCUT2D eigenvalue weighted by Gasteiger charge is -2.14. The maximum Gasteiger partial charge on any atom is 0.248 e. The van der Waals surface area contributed by atoms with Crippen molar-refractivity contribution >= 4 is 17.7 Å². The fraction of sp³-hybridized carbons (Fsp3) is 0.250. The molecule has 0 unspecified atom stereocenters. The smallest absolute Gasteiger partial charge is 0.248 e. The molecule has 0 saturated heterocycles. The van der Waals surface area contributed by atoms with Gasteiger partial charge in [0.05, 0.1) is 27.9 Å². The molecular formula is C20H23NO5. The molecule has 0 bridgehead atoms. The molecule has 6 nitrogen and oxygen atoms in total. The summed E-state index contributed by atoms with van der Waals surface area (Å²) in [5.41, 5.74) is 2.39. The number of amides is 1. The predicted octanol–water partition coefficient (Wildman–Crippen LogP) is 3.51. The van der Waals surface area contributed by atoms with Gasteiger partial charge in [-0.15, -0.1) is 0 Å². The molecule has 0 spiro atoms. The fourth-order valence-electron chi connectivity index (χ4n) is 2.51. The Labute approximate surface area is 153 Å². The fourth-order valence-corrected chi connectivity index (χ4v) is 2.51. The average Bonchev–Trinajstić information content (AvgIpc) is 2.65. The van der Waals surface area contributed by atoms with Gasteiger partial charge in [-0.2, -0.15) is 0 Å². The minimum absolute atomic E-state index is 0.253. The third-order valence-electron chi connectivity index (χ3n) is 3.65. The van der Waals surface area contributed by atoms with Crippen LogP contribution in [-0.4, -0.2) is 34.3 Å². The molecule has 0 atom stereocenters. The van der Waals surface area contributed by atoms with Crippen molar-refractivity contribution in [2.45, 2.75) is 6.61 Å². The van der Waals surface area contributed by atoms with Gasteiger partial charge in [0.1, 0.15) is 0 Å². The van der Waals surface area contributed by atoms with Crippen molar-refractivity contribution in [3.05, 3.63) is 53.6 Å². The number of rotatable bonds is 8. The van der Waals surface area contributed by atoms with Crippen molar-refractivity contribution in [3.63, 3.8) is 0 Å². The molecule has 0 aliphatic rings. The largest absolute Gasteiger partial charge is 0.493 e. The van der Waals surface area contributed by atoms with Crippen LogP contribution in [0, 0.1) is 0 Å². The molecule has 0 aliphatic heterocycles. The van der Waals surface area contributed by atoms with Crippen molar-refractivity contribution in [1.29, 1.82) is 0 Å². The minimum Gasteiger partial charge on any atom is -0.493 e.